The first-order valence-electron chi connectivity index (χ1n) is 15.4. The van der Waals surface area contributed by atoms with E-state index >= 15 is 0 Å². The molecule has 5 aliphatic heterocycles. The molecule has 0 spiro atoms. The quantitative estimate of drug-likeness (QED) is 0.443. The summed E-state index contributed by atoms with van der Waals surface area (Å²) < 4.78 is 0. The number of nitrogens with one attached hydrogen (secondary N) is 2. The van der Waals surface area contributed by atoms with Crippen molar-refractivity contribution in [1.82, 2.24) is 30.1 Å². The number of rotatable bonds is 5. The number of benzene rings is 1. The number of hydrogen-bond donors (Lipinski definition) is 2. The molecule has 1 saturated heterocycles. The zero-order chi connectivity index (χ0) is 29.1. The maximum atomic E-state index is 13.5. The molecule has 2 N–H and O–H groups in total. The minimum absolute atomic E-state index is 0.00215. The molecular formula is C33H43N7O2. The van der Waals surface area contributed by atoms with Crippen LogP contribution in [0, 0.1) is 0 Å². The lowest BCUT2D eigenvalue weighted by Crippen LogP contribution is -2.52. The number of aromatic nitrogens is 3. The molecule has 0 aliphatic carbocycles. The molecule has 2 aromatic heterocycles. The van der Waals surface area contributed by atoms with E-state index in [2.05, 4.69) is 65.7 Å². The van der Waals surface area contributed by atoms with Gasteiger partial charge in [-0.25, -0.2) is 9.97 Å². The molecule has 9 nitrogen and oxygen atoms in total. The molecule has 1 fully saturated rings. The van der Waals surface area contributed by atoms with Gasteiger partial charge >= 0.3 is 0 Å². The molecule has 222 valence electrons. The summed E-state index contributed by atoms with van der Waals surface area (Å²) >= 11 is 0. The number of nitrogens with zero attached hydrogens (tertiary/aromatic N) is 5. The molecule has 0 radical (unpaired) electrons. The Balaban J connectivity index is 1.30. The number of Topliss-reactive ketones (excluding diaryl/α,β-unsaturated/α-hetero) is 1. The summed E-state index contributed by atoms with van der Waals surface area (Å²) in [5, 5.41) is 6.18. The van der Waals surface area contributed by atoms with Crippen LogP contribution < -0.4 is 10.6 Å². The van der Waals surface area contributed by atoms with Crippen LogP contribution in [0.4, 0.5) is 5.95 Å². The van der Waals surface area contributed by atoms with Crippen molar-refractivity contribution in [3.8, 4) is 11.1 Å². The molecule has 7 heterocycles. The normalized spacial score (nSPS) is 21.5. The van der Waals surface area contributed by atoms with Gasteiger partial charge in [0.15, 0.2) is 0 Å². The summed E-state index contributed by atoms with van der Waals surface area (Å²) in [6.45, 7) is 7.53. The molecule has 1 unspecified atom stereocenters. The predicted molar refractivity (Wildman–Crippen MR) is 165 cm³/mol. The summed E-state index contributed by atoms with van der Waals surface area (Å²) in [5.74, 6) is 0.937. The Morgan fingerprint density at radius 2 is 1.79 bits per heavy atom. The van der Waals surface area contributed by atoms with Crippen LogP contribution in [0.2, 0.25) is 0 Å². The predicted octanol–water partition coefficient (Wildman–Crippen LogP) is 4.09. The molecule has 3 aromatic rings. The summed E-state index contributed by atoms with van der Waals surface area (Å²) in [5.41, 5.74) is 5.59. The van der Waals surface area contributed by atoms with Crippen molar-refractivity contribution >= 4 is 17.6 Å². The average Bonchev–Trinajstić information content (AvgIpc) is 2.99. The van der Waals surface area contributed by atoms with E-state index in [1.54, 1.807) is 6.92 Å². The third-order valence-corrected chi connectivity index (χ3v) is 8.22. The second-order valence-electron chi connectivity index (χ2n) is 11.5. The van der Waals surface area contributed by atoms with Gasteiger partial charge in [-0.2, -0.15) is 0 Å². The first-order chi connectivity index (χ1) is 20.5. The van der Waals surface area contributed by atoms with Crippen LogP contribution in [0.15, 0.2) is 55.0 Å². The lowest BCUT2D eigenvalue weighted by atomic mass is 9.98. The van der Waals surface area contributed by atoms with Gasteiger partial charge in [-0.3, -0.25) is 24.4 Å². The third-order valence-electron chi connectivity index (χ3n) is 8.22. The highest BCUT2D eigenvalue weighted by atomic mass is 16.1. The van der Waals surface area contributed by atoms with Crippen molar-refractivity contribution in [3.05, 3.63) is 71.8 Å². The topological polar surface area (TPSA) is 103 Å². The summed E-state index contributed by atoms with van der Waals surface area (Å²) in [7, 11) is 0. The minimum atomic E-state index is -0.0549. The van der Waals surface area contributed by atoms with E-state index in [9.17, 15) is 9.59 Å². The maximum absolute atomic E-state index is 13.5. The Bertz CT molecular complexity index is 1320. The molecule has 0 saturated carbocycles. The van der Waals surface area contributed by atoms with E-state index in [0.717, 1.165) is 94.6 Å². The highest BCUT2D eigenvalue weighted by Gasteiger charge is 2.28. The van der Waals surface area contributed by atoms with Crippen LogP contribution in [0.5, 0.6) is 0 Å². The number of amides is 1. The van der Waals surface area contributed by atoms with Gasteiger partial charge in [0.05, 0.1) is 6.04 Å². The van der Waals surface area contributed by atoms with Crippen LogP contribution in [0.3, 0.4) is 0 Å². The van der Waals surface area contributed by atoms with Crippen LogP contribution >= 0.6 is 0 Å². The molecule has 1 amide bonds. The fourth-order valence-corrected chi connectivity index (χ4v) is 5.93. The maximum Gasteiger partial charge on any atom is 0.222 e. The number of piperazine rings is 1. The monoisotopic (exact) mass is 569 g/mol. The zero-order valence-corrected chi connectivity index (χ0v) is 24.7. The van der Waals surface area contributed by atoms with Crippen molar-refractivity contribution < 1.29 is 9.59 Å². The highest BCUT2D eigenvalue weighted by Crippen LogP contribution is 2.22. The van der Waals surface area contributed by atoms with Crippen molar-refractivity contribution in [2.24, 2.45) is 0 Å². The van der Waals surface area contributed by atoms with Crippen molar-refractivity contribution in [3.63, 3.8) is 0 Å². The van der Waals surface area contributed by atoms with Gasteiger partial charge in [0.25, 0.3) is 0 Å². The Morgan fingerprint density at radius 1 is 0.976 bits per heavy atom. The van der Waals surface area contributed by atoms with Gasteiger partial charge in [0.2, 0.25) is 11.9 Å². The number of pyridine rings is 1. The van der Waals surface area contributed by atoms with Crippen LogP contribution in [-0.2, 0) is 22.6 Å². The molecule has 8 rings (SSSR count). The number of unbranched alkanes of at least 4 members (excludes halogenated alkanes) is 1. The van der Waals surface area contributed by atoms with Crippen molar-refractivity contribution in [2.75, 3.05) is 44.6 Å². The third kappa shape index (κ3) is 8.66. The average molecular weight is 570 g/mol. The SMILES string of the molecule is CC(=O)NCCCCC1C(=O)CCCCNc2ncc(cn2)-c2ccnc(c2)Cc2cccc(c2)CN2CCN1CC2. The molecule has 1 atom stereocenters. The summed E-state index contributed by atoms with van der Waals surface area (Å²) in [6.07, 6.45) is 11.3. The second-order valence-corrected chi connectivity index (χ2v) is 11.5. The van der Waals surface area contributed by atoms with Crippen LogP contribution in [-0.4, -0.2) is 81.8 Å². The number of hydrogen-bond acceptors (Lipinski definition) is 8. The Kier molecular flexibility index (Phi) is 10.6. The summed E-state index contributed by atoms with van der Waals surface area (Å²) in [4.78, 5) is 43.3. The second kappa shape index (κ2) is 15.0. The molecule has 1 aromatic carbocycles. The van der Waals surface area contributed by atoms with Crippen LogP contribution in [0.25, 0.3) is 11.1 Å². The Labute approximate surface area is 249 Å². The molecular weight excluding hydrogens is 526 g/mol. The van der Waals surface area contributed by atoms with Gasteiger partial charge in [0, 0.05) is 95.4 Å². The van der Waals surface area contributed by atoms with Gasteiger partial charge in [-0.1, -0.05) is 24.3 Å². The van der Waals surface area contributed by atoms with Crippen molar-refractivity contribution in [1.29, 1.82) is 0 Å². The van der Waals surface area contributed by atoms with E-state index in [1.165, 1.54) is 11.1 Å². The smallest absolute Gasteiger partial charge is 0.222 e. The lowest BCUT2D eigenvalue weighted by molar-refractivity contribution is -0.125. The lowest BCUT2D eigenvalue weighted by Gasteiger charge is -2.39. The first-order valence-corrected chi connectivity index (χ1v) is 15.4. The van der Waals surface area contributed by atoms with E-state index in [4.69, 9.17) is 0 Å². The van der Waals surface area contributed by atoms with E-state index in [1.807, 2.05) is 24.7 Å². The number of anilines is 1. The van der Waals surface area contributed by atoms with E-state index < -0.39 is 0 Å². The zero-order valence-electron chi connectivity index (χ0n) is 24.7. The number of carbonyl (C=O) groups is 2. The first kappa shape index (κ1) is 29.8. The van der Waals surface area contributed by atoms with Gasteiger partial charge in [-0.15, -0.1) is 0 Å². The van der Waals surface area contributed by atoms with Crippen LogP contribution in [0.1, 0.15) is 62.3 Å². The van der Waals surface area contributed by atoms with Crippen molar-refractivity contribution in [2.45, 2.75) is 64.5 Å². The number of ketones is 1. The van der Waals surface area contributed by atoms with Gasteiger partial charge < -0.3 is 10.6 Å². The van der Waals surface area contributed by atoms with Gasteiger partial charge in [-0.05, 0) is 60.9 Å². The molecule has 42 heavy (non-hydrogen) atoms. The fourth-order valence-electron chi connectivity index (χ4n) is 5.93. The summed E-state index contributed by atoms with van der Waals surface area (Å²) in [6, 6.07) is 12.9. The van der Waals surface area contributed by atoms with E-state index in [-0.39, 0.29) is 11.9 Å². The number of carbonyl (C=O) groups excluding carboxylic acids is 2. The Hall–Kier alpha value is -3.69. The standard InChI is InChI=1S/C33H43N7O2/c1-25(41)34-12-4-2-9-31-32(42)10-3-5-13-36-33-37-22-29(23-38-33)28-11-14-35-30(21-28)20-26-7-6-8-27(19-26)24-39-15-17-40(31)18-16-39/h6-8,11,14,19,21-23,31H,2-5,9-10,12-13,15-18,20,24H2,1H3,(H,34,41)(H,36,37,38). The fraction of sp³-hybridized carbons (Fsp3) is 0.485. The van der Waals surface area contributed by atoms with E-state index in [0.29, 0.717) is 24.7 Å². The molecule has 9 heteroatoms. The molecule has 8 bridgehead atoms. The molecule has 5 aliphatic rings. The van der Waals surface area contributed by atoms with Gasteiger partial charge in [0.1, 0.15) is 5.78 Å². The minimum Gasteiger partial charge on any atom is -0.356 e. The largest absolute Gasteiger partial charge is 0.356 e. The highest BCUT2D eigenvalue weighted by molar-refractivity contribution is 5.84. The Morgan fingerprint density at radius 3 is 2.60 bits per heavy atom.